The van der Waals surface area contributed by atoms with Gasteiger partial charge >= 0.3 is 0 Å². The van der Waals surface area contributed by atoms with Crippen molar-refractivity contribution in [2.45, 2.75) is 26.9 Å². The van der Waals surface area contributed by atoms with Crippen LogP contribution in [0.3, 0.4) is 0 Å². The molecule has 4 nitrogen and oxygen atoms in total. The number of H-pyrrole nitrogens is 1. The highest BCUT2D eigenvalue weighted by molar-refractivity contribution is 5.98. The van der Waals surface area contributed by atoms with Crippen LogP contribution in [0.1, 0.15) is 28.5 Å². The first kappa shape index (κ1) is 12.6. The number of aromatic nitrogens is 1. The van der Waals surface area contributed by atoms with Crippen LogP contribution in [0.2, 0.25) is 0 Å². The third kappa shape index (κ3) is 2.54. The zero-order valence-electron chi connectivity index (χ0n) is 10.9. The number of aryl methyl sites for hydroxylation is 2. The number of aliphatic hydroxyl groups is 1. The van der Waals surface area contributed by atoms with E-state index in [1.54, 1.807) is 6.92 Å². The fraction of sp³-hybridized carbons (Fsp3) is 0.357. The summed E-state index contributed by atoms with van der Waals surface area (Å²) in [6.45, 7) is 5.95. The Labute approximate surface area is 106 Å². The summed E-state index contributed by atoms with van der Waals surface area (Å²) < 4.78 is 0. The highest BCUT2D eigenvalue weighted by Crippen LogP contribution is 2.21. The van der Waals surface area contributed by atoms with E-state index in [9.17, 15) is 4.79 Å². The van der Waals surface area contributed by atoms with Crippen LogP contribution in [0.25, 0.3) is 10.9 Å². The molecule has 3 N–H and O–H groups in total. The molecule has 2 aromatic rings. The van der Waals surface area contributed by atoms with Gasteiger partial charge in [0.2, 0.25) is 0 Å². The van der Waals surface area contributed by atoms with Crippen molar-refractivity contribution in [2.75, 3.05) is 6.54 Å². The standard InChI is InChI=1S/C14H18N2O2/c1-8-4-9(2)11-6-13(16-12(11)5-8)14(18)15-7-10(3)17/h4-6,10,16-17H,7H2,1-3H3,(H,15,18). The minimum Gasteiger partial charge on any atom is -0.392 e. The lowest BCUT2D eigenvalue weighted by atomic mass is 10.1. The van der Waals surface area contributed by atoms with Gasteiger partial charge in [0.15, 0.2) is 0 Å². The molecule has 0 saturated carbocycles. The third-order valence-corrected chi connectivity index (χ3v) is 2.89. The maximum Gasteiger partial charge on any atom is 0.267 e. The van der Waals surface area contributed by atoms with E-state index >= 15 is 0 Å². The smallest absolute Gasteiger partial charge is 0.267 e. The first-order valence-corrected chi connectivity index (χ1v) is 6.03. The number of rotatable bonds is 3. The Morgan fingerprint density at radius 3 is 2.78 bits per heavy atom. The molecule has 1 aromatic carbocycles. The second-order valence-corrected chi connectivity index (χ2v) is 4.79. The molecular formula is C14H18N2O2. The van der Waals surface area contributed by atoms with Crippen molar-refractivity contribution < 1.29 is 9.90 Å². The SMILES string of the molecule is Cc1cc(C)c2cc(C(=O)NCC(C)O)[nH]c2c1. The quantitative estimate of drug-likeness (QED) is 0.774. The summed E-state index contributed by atoms with van der Waals surface area (Å²) in [6.07, 6.45) is -0.540. The second kappa shape index (κ2) is 4.82. The van der Waals surface area contributed by atoms with Crippen molar-refractivity contribution in [1.82, 2.24) is 10.3 Å². The molecule has 0 aliphatic heterocycles. The average Bonchev–Trinajstić information content (AvgIpc) is 2.69. The van der Waals surface area contributed by atoms with Gasteiger partial charge in [0.1, 0.15) is 5.69 Å². The number of aromatic amines is 1. The van der Waals surface area contributed by atoms with Crippen LogP contribution >= 0.6 is 0 Å². The van der Waals surface area contributed by atoms with E-state index in [2.05, 4.69) is 16.4 Å². The Kier molecular flexibility index (Phi) is 3.39. The van der Waals surface area contributed by atoms with Crippen LogP contribution in [0.5, 0.6) is 0 Å². The van der Waals surface area contributed by atoms with Gasteiger partial charge < -0.3 is 15.4 Å². The summed E-state index contributed by atoms with van der Waals surface area (Å²) in [7, 11) is 0. The fourth-order valence-corrected chi connectivity index (χ4v) is 2.06. The summed E-state index contributed by atoms with van der Waals surface area (Å²) in [5.41, 5.74) is 3.81. The number of fused-ring (bicyclic) bond motifs is 1. The van der Waals surface area contributed by atoms with Gasteiger partial charge in [0, 0.05) is 17.4 Å². The second-order valence-electron chi connectivity index (χ2n) is 4.79. The van der Waals surface area contributed by atoms with Crippen LogP contribution in [0.4, 0.5) is 0 Å². The number of aliphatic hydroxyl groups excluding tert-OH is 1. The van der Waals surface area contributed by atoms with Crippen LogP contribution in [0, 0.1) is 13.8 Å². The molecule has 4 heteroatoms. The van der Waals surface area contributed by atoms with E-state index in [4.69, 9.17) is 5.11 Å². The molecule has 96 valence electrons. The fourth-order valence-electron chi connectivity index (χ4n) is 2.06. The molecule has 1 atom stereocenters. The van der Waals surface area contributed by atoms with Crippen molar-refractivity contribution in [3.63, 3.8) is 0 Å². The van der Waals surface area contributed by atoms with E-state index in [1.165, 1.54) is 0 Å². The van der Waals surface area contributed by atoms with Crippen molar-refractivity contribution in [3.8, 4) is 0 Å². The van der Waals surface area contributed by atoms with Gasteiger partial charge in [-0.05, 0) is 44.0 Å². The monoisotopic (exact) mass is 246 g/mol. The molecule has 0 fully saturated rings. The number of amides is 1. The van der Waals surface area contributed by atoms with Crippen molar-refractivity contribution >= 4 is 16.8 Å². The zero-order valence-corrected chi connectivity index (χ0v) is 10.9. The Hall–Kier alpha value is -1.81. The van der Waals surface area contributed by atoms with Gasteiger partial charge in [-0.1, -0.05) is 6.07 Å². The molecule has 0 saturated heterocycles. The number of nitrogens with one attached hydrogen (secondary N) is 2. The van der Waals surface area contributed by atoms with Crippen molar-refractivity contribution in [1.29, 1.82) is 0 Å². The average molecular weight is 246 g/mol. The zero-order chi connectivity index (χ0) is 13.3. The highest BCUT2D eigenvalue weighted by Gasteiger charge is 2.11. The number of benzene rings is 1. The van der Waals surface area contributed by atoms with Gasteiger partial charge in [-0.25, -0.2) is 0 Å². The number of hydrogen-bond acceptors (Lipinski definition) is 2. The minimum atomic E-state index is -0.540. The highest BCUT2D eigenvalue weighted by atomic mass is 16.3. The molecule has 18 heavy (non-hydrogen) atoms. The maximum atomic E-state index is 11.9. The summed E-state index contributed by atoms with van der Waals surface area (Å²) in [6, 6.07) is 5.96. The van der Waals surface area contributed by atoms with Gasteiger partial charge in [0.05, 0.1) is 6.10 Å². The van der Waals surface area contributed by atoms with E-state index < -0.39 is 6.10 Å². The molecule has 0 radical (unpaired) electrons. The lowest BCUT2D eigenvalue weighted by Gasteiger charge is -2.05. The summed E-state index contributed by atoms with van der Waals surface area (Å²) in [5.74, 6) is -0.191. The molecule has 1 amide bonds. The first-order valence-electron chi connectivity index (χ1n) is 6.03. The van der Waals surface area contributed by atoms with E-state index in [0.29, 0.717) is 5.69 Å². The van der Waals surface area contributed by atoms with Crippen LogP contribution < -0.4 is 5.32 Å². The molecule has 0 bridgehead atoms. The lowest BCUT2D eigenvalue weighted by Crippen LogP contribution is -2.30. The maximum absolute atomic E-state index is 11.9. The van der Waals surface area contributed by atoms with E-state index in [1.807, 2.05) is 26.0 Å². The summed E-state index contributed by atoms with van der Waals surface area (Å²) >= 11 is 0. The van der Waals surface area contributed by atoms with Crippen LogP contribution in [-0.4, -0.2) is 28.6 Å². The van der Waals surface area contributed by atoms with Gasteiger partial charge in [-0.15, -0.1) is 0 Å². The molecule has 2 rings (SSSR count). The van der Waals surface area contributed by atoms with Gasteiger partial charge in [-0.3, -0.25) is 4.79 Å². The third-order valence-electron chi connectivity index (χ3n) is 2.89. The molecular weight excluding hydrogens is 228 g/mol. The number of carbonyl (C=O) groups excluding carboxylic acids is 1. The van der Waals surface area contributed by atoms with E-state index in [0.717, 1.165) is 22.0 Å². The van der Waals surface area contributed by atoms with Crippen molar-refractivity contribution in [3.05, 3.63) is 35.0 Å². The molecule has 0 aliphatic carbocycles. The topological polar surface area (TPSA) is 65.1 Å². The Morgan fingerprint density at radius 1 is 1.39 bits per heavy atom. The number of carbonyl (C=O) groups is 1. The summed E-state index contributed by atoms with van der Waals surface area (Å²) in [4.78, 5) is 15.0. The Bertz CT molecular complexity index is 585. The first-order chi connectivity index (χ1) is 8.47. The van der Waals surface area contributed by atoms with E-state index in [-0.39, 0.29) is 12.5 Å². The Morgan fingerprint density at radius 2 is 2.11 bits per heavy atom. The molecule has 0 spiro atoms. The normalized spacial score (nSPS) is 12.7. The lowest BCUT2D eigenvalue weighted by molar-refractivity contribution is 0.0920. The van der Waals surface area contributed by atoms with Gasteiger partial charge in [-0.2, -0.15) is 0 Å². The molecule has 0 aliphatic rings. The van der Waals surface area contributed by atoms with Crippen LogP contribution in [-0.2, 0) is 0 Å². The largest absolute Gasteiger partial charge is 0.392 e. The summed E-state index contributed by atoms with van der Waals surface area (Å²) in [5, 5.41) is 12.9. The molecule has 1 aromatic heterocycles. The minimum absolute atomic E-state index is 0.191. The molecule has 1 heterocycles. The Balaban J connectivity index is 2.30. The van der Waals surface area contributed by atoms with Crippen LogP contribution in [0.15, 0.2) is 18.2 Å². The van der Waals surface area contributed by atoms with Crippen molar-refractivity contribution in [2.24, 2.45) is 0 Å². The predicted octanol–water partition coefficient (Wildman–Crippen LogP) is 1.90. The molecule has 1 unspecified atom stereocenters. The van der Waals surface area contributed by atoms with Gasteiger partial charge in [0.25, 0.3) is 5.91 Å². The predicted molar refractivity (Wildman–Crippen MR) is 71.8 cm³/mol. The number of hydrogen-bond donors (Lipinski definition) is 3.